The standard InChI is InChI=1S/C28H29ClF4N6O3/c29-20-8-18(40)9-21(22(20)28(31,32)33)38-7-4-19-23(25(38)41)35-26(36-24(19)39-13-16-2-3-17(39)11-34-16)42-14-27-5-1-6-37(27)12-15(30)10-27/h4,7-9,15-17,34,40H,1-3,5-6,10-14H2/t15-,16?,17?,27+/m1/s1/i15D. The van der Waals surface area contributed by atoms with Crippen LogP contribution in [-0.4, -0.2) is 81.1 Å². The van der Waals surface area contributed by atoms with E-state index >= 15 is 0 Å². The lowest BCUT2D eigenvalue weighted by Crippen LogP contribution is -2.61. The van der Waals surface area contributed by atoms with Crippen molar-refractivity contribution in [2.75, 3.05) is 37.7 Å². The van der Waals surface area contributed by atoms with Gasteiger partial charge in [0, 0.05) is 50.4 Å². The fourth-order valence-corrected chi connectivity index (χ4v) is 7.37. The zero-order chi connectivity index (χ0) is 30.3. The molecule has 0 radical (unpaired) electrons. The van der Waals surface area contributed by atoms with Gasteiger partial charge in [0.15, 0.2) is 0 Å². The third-order valence-corrected chi connectivity index (χ3v) is 9.33. The monoisotopic (exact) mass is 609 g/mol. The Bertz CT molecular complexity index is 1660. The molecule has 42 heavy (non-hydrogen) atoms. The Kier molecular flexibility index (Phi) is 6.27. The van der Waals surface area contributed by atoms with E-state index in [2.05, 4.69) is 15.2 Å². The molecule has 5 aliphatic rings. The normalized spacial score (nSPS) is 29.7. The molecule has 9 nitrogen and oxygen atoms in total. The van der Waals surface area contributed by atoms with Gasteiger partial charge in [-0.25, -0.2) is 4.39 Å². The van der Waals surface area contributed by atoms with E-state index in [1.807, 2.05) is 4.90 Å². The second kappa shape index (κ2) is 9.95. The zero-order valence-electron chi connectivity index (χ0n) is 23.4. The number of aromatic hydroxyl groups is 1. The molecule has 0 amide bonds. The van der Waals surface area contributed by atoms with Gasteiger partial charge in [-0.1, -0.05) is 11.6 Å². The molecule has 224 valence electrons. The molecule has 4 atom stereocenters. The van der Waals surface area contributed by atoms with Crippen molar-refractivity contribution in [2.24, 2.45) is 0 Å². The van der Waals surface area contributed by atoms with E-state index in [1.165, 1.54) is 12.3 Å². The largest absolute Gasteiger partial charge is 0.508 e. The summed E-state index contributed by atoms with van der Waals surface area (Å²) in [5.41, 5.74) is -3.68. The molecule has 2 aromatic heterocycles. The summed E-state index contributed by atoms with van der Waals surface area (Å²) in [6, 6.07) is 3.21. The van der Waals surface area contributed by atoms with E-state index in [0.717, 1.165) is 36.0 Å². The van der Waals surface area contributed by atoms with Crippen molar-refractivity contribution < 1.29 is 28.8 Å². The fourth-order valence-electron chi connectivity index (χ4n) is 7.05. The number of piperidine rings is 2. The summed E-state index contributed by atoms with van der Waals surface area (Å²) in [6.45, 7) is 1.93. The molecule has 3 aromatic rings. The first kappa shape index (κ1) is 26.5. The molecule has 2 bridgehead atoms. The number of phenols is 1. The van der Waals surface area contributed by atoms with Gasteiger partial charge in [0.25, 0.3) is 5.56 Å². The van der Waals surface area contributed by atoms with Crippen molar-refractivity contribution in [1.82, 2.24) is 24.8 Å². The van der Waals surface area contributed by atoms with Gasteiger partial charge < -0.3 is 20.1 Å². The van der Waals surface area contributed by atoms with Crippen LogP contribution in [0.4, 0.5) is 23.4 Å². The SMILES string of the molecule is [2H][C@]1(F)CN2CCC[C@@]2(COc2nc(N3CC4CCC3CN4)c3ccn(-c4cc(O)cc(Cl)c4C(F)(F)F)c(=O)c3n2)C1. The zero-order valence-corrected chi connectivity index (χ0v) is 23.2. The van der Waals surface area contributed by atoms with Crippen molar-refractivity contribution in [3.8, 4) is 17.4 Å². The summed E-state index contributed by atoms with van der Waals surface area (Å²) in [4.78, 5) is 27.0. The molecule has 0 aliphatic carbocycles. The Labute approximate surface area is 244 Å². The number of halogens is 5. The van der Waals surface area contributed by atoms with Crippen LogP contribution >= 0.6 is 11.6 Å². The minimum atomic E-state index is -4.92. The topological polar surface area (TPSA) is 95.8 Å². The number of pyridine rings is 1. The molecular formula is C28H29ClF4N6O3. The van der Waals surface area contributed by atoms with E-state index in [9.17, 15) is 27.5 Å². The maximum atomic E-state index is 14.7. The molecule has 2 N–H and O–H groups in total. The third kappa shape index (κ3) is 4.56. The molecular weight excluding hydrogens is 580 g/mol. The summed E-state index contributed by atoms with van der Waals surface area (Å²) in [5, 5.41) is 13.1. The molecule has 14 heteroatoms. The van der Waals surface area contributed by atoms with Crippen LogP contribution in [0.3, 0.4) is 0 Å². The van der Waals surface area contributed by atoms with Crippen LogP contribution < -0.4 is 20.5 Å². The number of nitrogens with zero attached hydrogens (tertiary/aromatic N) is 5. The molecule has 0 spiro atoms. The Morgan fingerprint density at radius 2 is 2.10 bits per heavy atom. The van der Waals surface area contributed by atoms with E-state index < -0.39 is 45.4 Å². The van der Waals surface area contributed by atoms with Gasteiger partial charge in [-0.2, -0.15) is 23.1 Å². The Morgan fingerprint density at radius 1 is 1.26 bits per heavy atom. The molecule has 8 rings (SSSR count). The first-order chi connectivity index (χ1) is 20.3. The summed E-state index contributed by atoms with van der Waals surface area (Å²) in [6.07, 6.45) is -2.53. The Balaban J connectivity index is 1.36. The van der Waals surface area contributed by atoms with Gasteiger partial charge in [-0.15, -0.1) is 0 Å². The first-order valence-corrected chi connectivity index (χ1v) is 14.3. The van der Waals surface area contributed by atoms with Gasteiger partial charge in [-0.3, -0.25) is 14.3 Å². The van der Waals surface area contributed by atoms with E-state index in [-0.39, 0.29) is 43.2 Å². The number of hydrogen-bond acceptors (Lipinski definition) is 8. The second-order valence-electron chi connectivity index (χ2n) is 11.6. The van der Waals surface area contributed by atoms with Crippen LogP contribution in [0.15, 0.2) is 29.2 Å². The number of aromatic nitrogens is 3. The maximum absolute atomic E-state index is 14.7. The number of alkyl halides is 4. The van der Waals surface area contributed by atoms with Crippen molar-refractivity contribution in [2.45, 2.75) is 62.1 Å². The van der Waals surface area contributed by atoms with Crippen LogP contribution in [0.2, 0.25) is 5.02 Å². The lowest BCUT2D eigenvalue weighted by Gasteiger charge is -2.46. The predicted octanol–water partition coefficient (Wildman–Crippen LogP) is 4.05. The Hall–Kier alpha value is -3.16. The van der Waals surface area contributed by atoms with Crippen LogP contribution in [0.1, 0.15) is 39.0 Å². The number of benzene rings is 1. The van der Waals surface area contributed by atoms with Crippen LogP contribution in [0.25, 0.3) is 16.6 Å². The van der Waals surface area contributed by atoms with Gasteiger partial charge in [-0.05, 0) is 44.4 Å². The molecule has 2 unspecified atom stereocenters. The van der Waals surface area contributed by atoms with E-state index in [0.29, 0.717) is 37.3 Å². The summed E-state index contributed by atoms with van der Waals surface area (Å²) in [5.74, 6) is -0.113. The van der Waals surface area contributed by atoms with Crippen molar-refractivity contribution in [1.29, 1.82) is 0 Å². The third-order valence-electron chi connectivity index (χ3n) is 9.03. The minimum absolute atomic E-state index is 0.00246. The van der Waals surface area contributed by atoms with Gasteiger partial charge in [0.1, 0.15) is 29.8 Å². The molecule has 5 aliphatic heterocycles. The fraction of sp³-hybridized carbons (Fsp3) is 0.536. The predicted molar refractivity (Wildman–Crippen MR) is 148 cm³/mol. The summed E-state index contributed by atoms with van der Waals surface area (Å²) < 4.78 is 71.7. The summed E-state index contributed by atoms with van der Waals surface area (Å²) >= 11 is 5.90. The first-order valence-electron chi connectivity index (χ1n) is 14.4. The van der Waals surface area contributed by atoms with Crippen LogP contribution in [-0.2, 0) is 6.18 Å². The van der Waals surface area contributed by atoms with E-state index in [1.54, 1.807) is 0 Å². The number of hydrogen-bond donors (Lipinski definition) is 2. The quantitative estimate of drug-likeness (QED) is 0.419. The minimum Gasteiger partial charge on any atom is -0.508 e. The number of ether oxygens (including phenoxy) is 1. The highest BCUT2D eigenvalue weighted by Crippen LogP contribution is 2.42. The highest BCUT2D eigenvalue weighted by atomic mass is 35.5. The van der Waals surface area contributed by atoms with Gasteiger partial charge in [0.2, 0.25) is 0 Å². The highest BCUT2D eigenvalue weighted by Gasteiger charge is 2.49. The number of rotatable bonds is 5. The average Bonchev–Trinajstić information content (AvgIpc) is 3.43. The van der Waals surface area contributed by atoms with Crippen LogP contribution in [0, 0.1) is 0 Å². The molecule has 1 aromatic carbocycles. The molecule has 0 saturated carbocycles. The smallest absolute Gasteiger partial charge is 0.419 e. The van der Waals surface area contributed by atoms with E-state index in [4.69, 9.17) is 22.7 Å². The molecule has 5 saturated heterocycles. The average molecular weight is 610 g/mol. The van der Waals surface area contributed by atoms with Crippen molar-refractivity contribution in [3.63, 3.8) is 0 Å². The molecule has 5 fully saturated rings. The lowest BCUT2D eigenvalue weighted by atomic mass is 9.93. The van der Waals surface area contributed by atoms with Crippen molar-refractivity contribution in [3.05, 3.63) is 45.3 Å². The number of phenolic OH excluding ortho intramolecular Hbond substituents is 1. The summed E-state index contributed by atoms with van der Waals surface area (Å²) in [7, 11) is 0. The lowest BCUT2D eigenvalue weighted by molar-refractivity contribution is -0.137. The number of piperazine rings is 1. The second-order valence-corrected chi connectivity index (χ2v) is 12.0. The van der Waals surface area contributed by atoms with Crippen LogP contribution in [0.5, 0.6) is 11.8 Å². The Morgan fingerprint density at radius 3 is 2.81 bits per heavy atom. The number of nitrogens with one attached hydrogen (secondary N) is 1. The maximum Gasteiger partial charge on any atom is 0.419 e. The van der Waals surface area contributed by atoms with Gasteiger partial charge in [0.05, 0.1) is 28.6 Å². The number of fused-ring (bicyclic) bond motifs is 5. The van der Waals surface area contributed by atoms with Gasteiger partial charge >= 0.3 is 12.2 Å². The highest BCUT2D eigenvalue weighted by molar-refractivity contribution is 6.31. The van der Waals surface area contributed by atoms with Crippen molar-refractivity contribution >= 4 is 28.3 Å². The number of anilines is 1. The molecule has 7 heterocycles.